The van der Waals surface area contributed by atoms with Gasteiger partial charge >= 0.3 is 0 Å². The van der Waals surface area contributed by atoms with Crippen LogP contribution in [-0.4, -0.2) is 4.98 Å². The monoisotopic (exact) mass is 235 g/mol. The quantitative estimate of drug-likeness (QED) is 0.751. The third-order valence-corrected chi connectivity index (χ3v) is 3.74. The van der Waals surface area contributed by atoms with Crippen molar-refractivity contribution < 1.29 is 0 Å². The van der Waals surface area contributed by atoms with Crippen molar-refractivity contribution in [3.63, 3.8) is 0 Å². The molecular formula is C17H17N. The van der Waals surface area contributed by atoms with Gasteiger partial charge in [0.1, 0.15) is 0 Å². The fourth-order valence-electron chi connectivity index (χ4n) is 2.63. The maximum absolute atomic E-state index is 4.48. The predicted molar refractivity (Wildman–Crippen MR) is 76.4 cm³/mol. The molecule has 1 aromatic heterocycles. The number of fused-ring (bicyclic) bond motifs is 1. The van der Waals surface area contributed by atoms with E-state index in [1.807, 2.05) is 18.3 Å². The number of rotatable bonds is 2. The Balaban J connectivity index is 2.19. The second-order valence-electron chi connectivity index (χ2n) is 4.87. The van der Waals surface area contributed by atoms with E-state index in [1.165, 1.54) is 27.8 Å². The first-order valence-corrected chi connectivity index (χ1v) is 6.53. The summed E-state index contributed by atoms with van der Waals surface area (Å²) in [6.07, 6.45) is 6.46. The Morgan fingerprint density at radius 3 is 2.78 bits per heavy atom. The summed E-state index contributed by atoms with van der Waals surface area (Å²) in [4.78, 5) is 4.48. The summed E-state index contributed by atoms with van der Waals surface area (Å²) in [6, 6.07) is 10.5. The van der Waals surface area contributed by atoms with Gasteiger partial charge in [0.25, 0.3) is 0 Å². The first-order valence-electron chi connectivity index (χ1n) is 6.53. The molecule has 2 aromatic rings. The lowest BCUT2D eigenvalue weighted by Crippen LogP contribution is -1.93. The third kappa shape index (κ3) is 1.76. The van der Waals surface area contributed by atoms with E-state index in [-0.39, 0.29) is 0 Å². The van der Waals surface area contributed by atoms with Gasteiger partial charge in [0, 0.05) is 11.8 Å². The van der Waals surface area contributed by atoms with Gasteiger partial charge in [-0.2, -0.15) is 0 Å². The Labute approximate surface area is 108 Å². The smallest absolute Gasteiger partial charge is 0.0708 e. The maximum Gasteiger partial charge on any atom is 0.0708 e. The van der Waals surface area contributed by atoms with Crippen molar-refractivity contribution in [1.82, 2.24) is 4.98 Å². The van der Waals surface area contributed by atoms with Crippen LogP contribution in [0.15, 0.2) is 42.1 Å². The molecule has 1 heterocycles. The van der Waals surface area contributed by atoms with Gasteiger partial charge < -0.3 is 0 Å². The summed E-state index contributed by atoms with van der Waals surface area (Å²) < 4.78 is 0. The largest absolute Gasteiger partial charge is 0.256 e. The zero-order valence-corrected chi connectivity index (χ0v) is 10.9. The maximum atomic E-state index is 4.48. The molecule has 90 valence electrons. The topological polar surface area (TPSA) is 12.9 Å². The first-order chi connectivity index (χ1) is 8.79. The van der Waals surface area contributed by atoms with E-state index in [0.29, 0.717) is 0 Å². The molecule has 18 heavy (non-hydrogen) atoms. The van der Waals surface area contributed by atoms with Crippen molar-refractivity contribution in [2.45, 2.75) is 26.7 Å². The predicted octanol–water partition coefficient (Wildman–Crippen LogP) is 4.41. The molecule has 1 nitrogen and oxygen atoms in total. The van der Waals surface area contributed by atoms with Crippen molar-refractivity contribution in [3.8, 4) is 11.3 Å². The van der Waals surface area contributed by atoms with E-state index < -0.39 is 0 Å². The number of aryl methyl sites for hydroxylation is 1. The second-order valence-corrected chi connectivity index (χ2v) is 4.87. The van der Waals surface area contributed by atoms with Crippen molar-refractivity contribution >= 4 is 6.08 Å². The summed E-state index contributed by atoms with van der Waals surface area (Å²) in [5, 5.41) is 0. The van der Waals surface area contributed by atoms with Crippen LogP contribution in [0.25, 0.3) is 17.3 Å². The minimum Gasteiger partial charge on any atom is -0.256 e. The third-order valence-electron chi connectivity index (χ3n) is 3.74. The Morgan fingerprint density at radius 2 is 2.06 bits per heavy atom. The molecule has 0 saturated heterocycles. The Kier molecular flexibility index (Phi) is 2.75. The molecule has 0 radical (unpaired) electrons. The van der Waals surface area contributed by atoms with Crippen LogP contribution in [0.3, 0.4) is 0 Å². The van der Waals surface area contributed by atoms with Crippen molar-refractivity contribution in [2.24, 2.45) is 0 Å². The normalized spacial score (nSPS) is 13.3. The highest BCUT2D eigenvalue weighted by Crippen LogP contribution is 2.35. The molecule has 0 atom stereocenters. The SMILES string of the molecule is CCC1=Cc2c(-c3ccccn3)ccc(C)c2C1. The average molecular weight is 235 g/mol. The lowest BCUT2D eigenvalue weighted by atomic mass is 9.96. The molecule has 0 aliphatic heterocycles. The van der Waals surface area contributed by atoms with Gasteiger partial charge in [-0.1, -0.05) is 36.8 Å². The highest BCUT2D eigenvalue weighted by molar-refractivity contribution is 5.80. The fourth-order valence-corrected chi connectivity index (χ4v) is 2.63. The highest BCUT2D eigenvalue weighted by Gasteiger charge is 2.18. The van der Waals surface area contributed by atoms with Crippen LogP contribution in [0.4, 0.5) is 0 Å². The fraction of sp³-hybridized carbons (Fsp3) is 0.235. The molecule has 1 aliphatic rings. The molecule has 1 aliphatic carbocycles. The molecule has 0 unspecified atom stereocenters. The molecule has 1 heteroatoms. The van der Waals surface area contributed by atoms with Crippen LogP contribution in [-0.2, 0) is 6.42 Å². The van der Waals surface area contributed by atoms with Crippen molar-refractivity contribution in [1.29, 1.82) is 0 Å². The van der Waals surface area contributed by atoms with E-state index in [4.69, 9.17) is 0 Å². The van der Waals surface area contributed by atoms with Crippen molar-refractivity contribution in [2.75, 3.05) is 0 Å². The van der Waals surface area contributed by atoms with Crippen molar-refractivity contribution in [3.05, 3.63) is 58.8 Å². The van der Waals surface area contributed by atoms with Crippen LogP contribution >= 0.6 is 0 Å². The van der Waals surface area contributed by atoms with Gasteiger partial charge in [-0.3, -0.25) is 4.98 Å². The average Bonchev–Trinajstić information content (AvgIpc) is 2.85. The molecule has 0 fully saturated rings. The Morgan fingerprint density at radius 1 is 1.17 bits per heavy atom. The number of aromatic nitrogens is 1. The first kappa shape index (κ1) is 11.2. The minimum absolute atomic E-state index is 1.07. The highest BCUT2D eigenvalue weighted by atomic mass is 14.7. The Hall–Kier alpha value is -1.89. The number of allylic oxidation sites excluding steroid dienone is 1. The Bertz CT molecular complexity index is 609. The molecule has 0 amide bonds. The van der Waals surface area contributed by atoms with E-state index in [0.717, 1.165) is 18.5 Å². The van der Waals surface area contributed by atoms with Crippen LogP contribution in [0, 0.1) is 6.92 Å². The summed E-state index contributed by atoms with van der Waals surface area (Å²) in [5.74, 6) is 0. The molecule has 0 spiro atoms. The number of benzene rings is 1. The van der Waals surface area contributed by atoms with Gasteiger partial charge in [0.05, 0.1) is 5.69 Å². The van der Waals surface area contributed by atoms with Gasteiger partial charge in [-0.05, 0) is 48.6 Å². The molecule has 0 bridgehead atoms. The van der Waals surface area contributed by atoms with Crippen LogP contribution in [0.5, 0.6) is 0 Å². The molecule has 0 saturated carbocycles. The summed E-state index contributed by atoms with van der Waals surface area (Å²) in [7, 11) is 0. The van der Waals surface area contributed by atoms with Crippen LogP contribution in [0.2, 0.25) is 0 Å². The van der Waals surface area contributed by atoms with E-state index in [2.05, 4.69) is 43.1 Å². The number of hydrogen-bond donors (Lipinski definition) is 0. The zero-order valence-electron chi connectivity index (χ0n) is 10.9. The molecular weight excluding hydrogens is 218 g/mol. The molecule has 1 aromatic carbocycles. The minimum atomic E-state index is 1.07. The summed E-state index contributed by atoms with van der Waals surface area (Å²) in [5.41, 5.74) is 8.11. The van der Waals surface area contributed by atoms with Gasteiger partial charge in [0.2, 0.25) is 0 Å². The van der Waals surface area contributed by atoms with Crippen LogP contribution < -0.4 is 0 Å². The number of hydrogen-bond acceptors (Lipinski definition) is 1. The second kappa shape index (κ2) is 4.41. The number of pyridine rings is 1. The number of nitrogens with zero attached hydrogens (tertiary/aromatic N) is 1. The zero-order chi connectivity index (χ0) is 12.5. The lowest BCUT2D eigenvalue weighted by Gasteiger charge is -2.09. The van der Waals surface area contributed by atoms with Gasteiger partial charge in [-0.15, -0.1) is 0 Å². The van der Waals surface area contributed by atoms with E-state index >= 15 is 0 Å². The standard InChI is InChI=1S/C17H17N/c1-3-13-10-15-12(2)7-8-14(16(15)11-13)17-6-4-5-9-18-17/h4-9,11H,3,10H2,1-2H3. The van der Waals surface area contributed by atoms with Gasteiger partial charge in [-0.25, -0.2) is 0 Å². The van der Waals surface area contributed by atoms with Gasteiger partial charge in [0.15, 0.2) is 0 Å². The molecule has 0 N–H and O–H groups in total. The van der Waals surface area contributed by atoms with E-state index in [1.54, 1.807) is 0 Å². The van der Waals surface area contributed by atoms with Crippen LogP contribution in [0.1, 0.15) is 30.0 Å². The summed E-state index contributed by atoms with van der Waals surface area (Å²) in [6.45, 7) is 4.43. The van der Waals surface area contributed by atoms with E-state index in [9.17, 15) is 0 Å². The lowest BCUT2D eigenvalue weighted by molar-refractivity contribution is 1.03. The molecule has 3 rings (SSSR count). The summed E-state index contributed by atoms with van der Waals surface area (Å²) >= 11 is 0.